The van der Waals surface area contributed by atoms with E-state index in [2.05, 4.69) is 54.3 Å². The molecule has 17 heavy (non-hydrogen) atoms. The number of terminal acetylenes is 1. The van der Waals surface area contributed by atoms with Crippen LogP contribution in [-0.2, 0) is 6.54 Å². The smallest absolute Gasteiger partial charge is 0.0426 e. The van der Waals surface area contributed by atoms with E-state index in [0.29, 0.717) is 0 Å². The normalized spacial score (nSPS) is 9.65. The molecule has 0 saturated carbocycles. The van der Waals surface area contributed by atoms with Gasteiger partial charge in [-0.2, -0.15) is 0 Å². The van der Waals surface area contributed by atoms with Crippen LogP contribution < -0.4 is 4.90 Å². The summed E-state index contributed by atoms with van der Waals surface area (Å²) in [6, 6.07) is 18.5. The van der Waals surface area contributed by atoms with Gasteiger partial charge in [0.2, 0.25) is 0 Å². The van der Waals surface area contributed by atoms with Crippen molar-refractivity contribution in [2.45, 2.75) is 6.54 Å². The lowest BCUT2D eigenvalue weighted by Gasteiger charge is -2.19. The highest BCUT2D eigenvalue weighted by Crippen LogP contribution is 2.15. The highest BCUT2D eigenvalue weighted by atomic mass is 15.1. The Morgan fingerprint density at radius 3 is 2.24 bits per heavy atom. The minimum Gasteiger partial charge on any atom is -0.370 e. The molecule has 1 heteroatoms. The van der Waals surface area contributed by atoms with Gasteiger partial charge in [0, 0.05) is 24.8 Å². The van der Waals surface area contributed by atoms with Crippen molar-refractivity contribution in [2.75, 3.05) is 11.9 Å². The average molecular weight is 221 g/mol. The summed E-state index contributed by atoms with van der Waals surface area (Å²) in [4.78, 5) is 2.20. The lowest BCUT2D eigenvalue weighted by atomic mass is 10.2. The van der Waals surface area contributed by atoms with E-state index >= 15 is 0 Å². The Hall–Kier alpha value is -2.20. The van der Waals surface area contributed by atoms with Crippen LogP contribution in [0.15, 0.2) is 54.6 Å². The third-order valence-corrected chi connectivity index (χ3v) is 2.74. The van der Waals surface area contributed by atoms with Crippen molar-refractivity contribution >= 4 is 5.69 Å². The van der Waals surface area contributed by atoms with Crippen molar-refractivity contribution in [2.24, 2.45) is 0 Å². The summed E-state index contributed by atoms with van der Waals surface area (Å²) in [5.74, 6) is 2.62. The molecule has 0 bridgehead atoms. The minimum absolute atomic E-state index is 0.899. The van der Waals surface area contributed by atoms with Crippen molar-refractivity contribution in [1.29, 1.82) is 0 Å². The fourth-order valence-corrected chi connectivity index (χ4v) is 1.76. The molecule has 2 aromatic carbocycles. The van der Waals surface area contributed by atoms with E-state index in [9.17, 15) is 0 Å². The lowest BCUT2D eigenvalue weighted by Crippen LogP contribution is -2.16. The van der Waals surface area contributed by atoms with Crippen LogP contribution in [0.1, 0.15) is 11.1 Å². The highest BCUT2D eigenvalue weighted by Gasteiger charge is 2.01. The summed E-state index contributed by atoms with van der Waals surface area (Å²) >= 11 is 0. The van der Waals surface area contributed by atoms with Gasteiger partial charge in [0.05, 0.1) is 0 Å². The van der Waals surface area contributed by atoms with Gasteiger partial charge in [-0.05, 0) is 29.8 Å². The second-order valence-electron chi connectivity index (χ2n) is 4.03. The molecule has 0 aromatic heterocycles. The standard InChI is InChI=1S/C16H15N/c1-3-14-9-11-16(12-10-14)17(2)13-15-7-5-4-6-8-15/h1,4-12H,13H2,2H3. The predicted octanol–water partition coefficient (Wildman–Crippen LogP) is 3.30. The Kier molecular flexibility index (Phi) is 3.47. The van der Waals surface area contributed by atoms with Crippen molar-refractivity contribution < 1.29 is 0 Å². The summed E-state index contributed by atoms with van der Waals surface area (Å²) in [5.41, 5.74) is 3.39. The van der Waals surface area contributed by atoms with Gasteiger partial charge < -0.3 is 4.90 Å². The first-order valence-electron chi connectivity index (χ1n) is 5.61. The second-order valence-corrected chi connectivity index (χ2v) is 4.03. The van der Waals surface area contributed by atoms with Gasteiger partial charge in [-0.3, -0.25) is 0 Å². The van der Waals surface area contributed by atoms with E-state index in [-0.39, 0.29) is 0 Å². The van der Waals surface area contributed by atoms with E-state index in [0.717, 1.165) is 12.1 Å². The molecule has 0 aliphatic heterocycles. The fraction of sp³-hybridized carbons (Fsp3) is 0.125. The highest BCUT2D eigenvalue weighted by molar-refractivity contribution is 5.50. The molecule has 0 spiro atoms. The lowest BCUT2D eigenvalue weighted by molar-refractivity contribution is 0.923. The van der Waals surface area contributed by atoms with Crippen molar-refractivity contribution in [3.63, 3.8) is 0 Å². The van der Waals surface area contributed by atoms with Crippen molar-refractivity contribution in [3.8, 4) is 12.3 Å². The molecule has 0 radical (unpaired) electrons. The topological polar surface area (TPSA) is 3.24 Å². The van der Waals surface area contributed by atoms with Crippen LogP contribution in [0, 0.1) is 12.3 Å². The molecule has 0 N–H and O–H groups in total. The first-order valence-corrected chi connectivity index (χ1v) is 5.61. The van der Waals surface area contributed by atoms with Gasteiger partial charge in [0.25, 0.3) is 0 Å². The van der Waals surface area contributed by atoms with E-state index < -0.39 is 0 Å². The van der Waals surface area contributed by atoms with Crippen LogP contribution >= 0.6 is 0 Å². The average Bonchev–Trinajstić information content (AvgIpc) is 2.40. The van der Waals surface area contributed by atoms with Gasteiger partial charge in [0.15, 0.2) is 0 Å². The summed E-state index contributed by atoms with van der Waals surface area (Å²) in [6.45, 7) is 0.899. The molecule has 0 aliphatic carbocycles. The molecule has 2 rings (SSSR count). The maximum absolute atomic E-state index is 5.34. The van der Waals surface area contributed by atoms with Gasteiger partial charge in [-0.25, -0.2) is 0 Å². The van der Waals surface area contributed by atoms with Crippen molar-refractivity contribution in [1.82, 2.24) is 0 Å². The second kappa shape index (κ2) is 5.23. The van der Waals surface area contributed by atoms with Crippen LogP contribution in [-0.4, -0.2) is 7.05 Å². The monoisotopic (exact) mass is 221 g/mol. The summed E-state index contributed by atoms with van der Waals surface area (Å²) in [7, 11) is 2.08. The van der Waals surface area contributed by atoms with Crippen LogP contribution in [0.4, 0.5) is 5.69 Å². The number of benzene rings is 2. The molecule has 84 valence electrons. The molecule has 0 saturated heterocycles. The zero-order valence-electron chi connectivity index (χ0n) is 9.93. The Bertz CT molecular complexity index is 505. The third kappa shape index (κ3) is 2.89. The Morgan fingerprint density at radius 2 is 1.65 bits per heavy atom. The minimum atomic E-state index is 0.899. The van der Waals surface area contributed by atoms with E-state index in [1.54, 1.807) is 0 Å². The van der Waals surface area contributed by atoms with Crippen molar-refractivity contribution in [3.05, 3.63) is 65.7 Å². The van der Waals surface area contributed by atoms with Gasteiger partial charge in [-0.15, -0.1) is 6.42 Å². The van der Waals surface area contributed by atoms with Gasteiger partial charge in [0.1, 0.15) is 0 Å². The SMILES string of the molecule is C#Cc1ccc(N(C)Cc2ccccc2)cc1. The van der Waals surface area contributed by atoms with Crippen LogP contribution in [0.3, 0.4) is 0 Å². The molecule has 0 amide bonds. The third-order valence-electron chi connectivity index (χ3n) is 2.74. The molecule has 0 atom stereocenters. The number of anilines is 1. The first kappa shape index (κ1) is 11.3. The predicted molar refractivity (Wildman–Crippen MR) is 72.9 cm³/mol. The molecule has 0 unspecified atom stereocenters. The summed E-state index contributed by atoms with van der Waals surface area (Å²) in [5, 5.41) is 0. The molecular formula is C16H15N. The van der Waals surface area contributed by atoms with E-state index in [1.807, 2.05) is 18.2 Å². The quantitative estimate of drug-likeness (QED) is 0.719. The molecule has 0 aliphatic rings. The number of rotatable bonds is 3. The maximum Gasteiger partial charge on any atom is 0.0426 e. The van der Waals surface area contributed by atoms with Gasteiger partial charge >= 0.3 is 0 Å². The number of hydrogen-bond donors (Lipinski definition) is 0. The van der Waals surface area contributed by atoms with E-state index in [1.165, 1.54) is 11.3 Å². The van der Waals surface area contributed by atoms with Crippen LogP contribution in [0.5, 0.6) is 0 Å². The number of nitrogens with zero attached hydrogens (tertiary/aromatic N) is 1. The Morgan fingerprint density at radius 1 is 1.00 bits per heavy atom. The Labute approximate surface area is 103 Å². The molecule has 0 fully saturated rings. The molecule has 0 heterocycles. The maximum atomic E-state index is 5.34. The zero-order valence-corrected chi connectivity index (χ0v) is 9.93. The van der Waals surface area contributed by atoms with Crippen LogP contribution in [0.25, 0.3) is 0 Å². The summed E-state index contributed by atoms with van der Waals surface area (Å²) in [6.07, 6.45) is 5.34. The zero-order chi connectivity index (χ0) is 12.1. The summed E-state index contributed by atoms with van der Waals surface area (Å²) < 4.78 is 0. The van der Waals surface area contributed by atoms with Crippen LogP contribution in [0.2, 0.25) is 0 Å². The molecule has 2 aromatic rings. The van der Waals surface area contributed by atoms with Gasteiger partial charge in [-0.1, -0.05) is 36.3 Å². The fourth-order valence-electron chi connectivity index (χ4n) is 1.76. The van der Waals surface area contributed by atoms with E-state index in [4.69, 9.17) is 6.42 Å². The first-order chi connectivity index (χ1) is 8.29. The Balaban J connectivity index is 2.10. The molecule has 1 nitrogen and oxygen atoms in total. The molecular weight excluding hydrogens is 206 g/mol. The largest absolute Gasteiger partial charge is 0.370 e. The number of hydrogen-bond acceptors (Lipinski definition) is 1.